The molecule has 3 aromatic rings. The Morgan fingerprint density at radius 1 is 1.06 bits per heavy atom. The summed E-state index contributed by atoms with van der Waals surface area (Å²) in [6, 6.07) is 13.8. The summed E-state index contributed by atoms with van der Waals surface area (Å²) in [7, 11) is -3.59. The van der Waals surface area contributed by atoms with Crippen molar-refractivity contribution in [2.24, 2.45) is 0 Å². The van der Waals surface area contributed by atoms with Gasteiger partial charge in [0.25, 0.3) is 11.6 Å². The van der Waals surface area contributed by atoms with Crippen molar-refractivity contribution < 1.29 is 18.1 Å². The Morgan fingerprint density at radius 2 is 1.72 bits per heavy atom. The summed E-state index contributed by atoms with van der Waals surface area (Å²) in [6.45, 7) is 0.840. The van der Waals surface area contributed by atoms with Crippen LogP contribution >= 0.6 is 0 Å². The average molecular weight is 455 g/mol. The van der Waals surface area contributed by atoms with Gasteiger partial charge in [0.15, 0.2) is 0 Å². The van der Waals surface area contributed by atoms with E-state index < -0.39 is 14.9 Å². The van der Waals surface area contributed by atoms with E-state index in [1.54, 1.807) is 53.6 Å². The van der Waals surface area contributed by atoms with Gasteiger partial charge in [0.05, 0.1) is 27.3 Å². The van der Waals surface area contributed by atoms with E-state index in [-0.39, 0.29) is 22.5 Å². The number of non-ortho nitro benzene ring substituents is 1. The molecule has 1 saturated heterocycles. The minimum Gasteiger partial charge on any atom is -0.338 e. The molecule has 1 aromatic heterocycles. The Labute approximate surface area is 184 Å². The van der Waals surface area contributed by atoms with Crippen molar-refractivity contribution in [1.82, 2.24) is 19.4 Å². The van der Waals surface area contributed by atoms with Crippen LogP contribution in [0.15, 0.2) is 71.9 Å². The number of nitro benzene ring substituents is 1. The lowest BCUT2D eigenvalue weighted by Crippen LogP contribution is -2.46. The lowest BCUT2D eigenvalue weighted by molar-refractivity contribution is -0.384. The maximum Gasteiger partial charge on any atom is 0.269 e. The Bertz CT molecular complexity index is 1220. The molecule has 2 aromatic carbocycles. The minimum atomic E-state index is -3.59. The molecule has 0 aliphatic carbocycles. The van der Waals surface area contributed by atoms with E-state index >= 15 is 0 Å². The maximum absolute atomic E-state index is 12.8. The number of benzene rings is 2. The zero-order chi connectivity index (χ0) is 22.7. The predicted molar refractivity (Wildman–Crippen MR) is 116 cm³/mol. The number of carbonyl (C=O) groups excluding carboxylic acids is 1. The van der Waals surface area contributed by atoms with Gasteiger partial charge in [-0.1, -0.05) is 18.2 Å². The van der Waals surface area contributed by atoms with Crippen LogP contribution in [0.25, 0.3) is 5.69 Å². The number of piperidine rings is 1. The number of nitrogens with one attached hydrogen (secondary N) is 1. The molecule has 1 amide bonds. The summed E-state index contributed by atoms with van der Waals surface area (Å²) in [5, 5.41) is 15.0. The Balaban J connectivity index is 1.36. The highest BCUT2D eigenvalue weighted by Gasteiger charge is 2.27. The van der Waals surface area contributed by atoms with Gasteiger partial charge in [0, 0.05) is 37.5 Å². The molecular weight excluding hydrogens is 434 g/mol. The molecule has 0 radical (unpaired) electrons. The van der Waals surface area contributed by atoms with E-state index in [1.807, 2.05) is 0 Å². The lowest BCUT2D eigenvalue weighted by Gasteiger charge is -2.32. The highest BCUT2D eigenvalue weighted by molar-refractivity contribution is 7.89. The van der Waals surface area contributed by atoms with Crippen molar-refractivity contribution in [3.63, 3.8) is 0 Å². The molecule has 2 heterocycles. The topological polar surface area (TPSA) is 127 Å². The second kappa shape index (κ2) is 8.89. The number of likely N-dealkylation sites (tertiary alicyclic amines) is 1. The third-order valence-corrected chi connectivity index (χ3v) is 6.85. The number of sulfonamides is 1. The van der Waals surface area contributed by atoms with Crippen molar-refractivity contribution in [1.29, 1.82) is 0 Å². The normalized spacial score (nSPS) is 14.9. The quantitative estimate of drug-likeness (QED) is 0.449. The Hall–Kier alpha value is -3.57. The molecule has 10 nitrogen and oxygen atoms in total. The standard InChI is InChI=1S/C21H21N5O5S/c27-21(16-14-22-25(15-16)18-6-8-19(9-7-18)26(28)29)24-12-10-17(11-13-24)23-32(30,31)20-4-2-1-3-5-20/h1-9,14-15,17,23H,10-13H2. The molecule has 166 valence electrons. The Morgan fingerprint density at radius 3 is 2.34 bits per heavy atom. The van der Waals surface area contributed by atoms with Gasteiger partial charge in [0.2, 0.25) is 10.0 Å². The van der Waals surface area contributed by atoms with Crippen LogP contribution in [-0.4, -0.2) is 53.1 Å². The minimum absolute atomic E-state index is 0.0250. The lowest BCUT2D eigenvalue weighted by atomic mass is 10.1. The monoisotopic (exact) mass is 455 g/mol. The van der Waals surface area contributed by atoms with E-state index in [9.17, 15) is 23.3 Å². The zero-order valence-electron chi connectivity index (χ0n) is 17.0. The molecule has 1 aliphatic heterocycles. The first-order valence-corrected chi connectivity index (χ1v) is 11.5. The van der Waals surface area contributed by atoms with Crippen LogP contribution in [0.1, 0.15) is 23.2 Å². The van der Waals surface area contributed by atoms with Gasteiger partial charge in [-0.25, -0.2) is 17.8 Å². The van der Waals surface area contributed by atoms with Gasteiger partial charge in [-0.3, -0.25) is 14.9 Å². The van der Waals surface area contributed by atoms with Crippen LogP contribution in [0.4, 0.5) is 5.69 Å². The molecule has 1 fully saturated rings. The van der Waals surface area contributed by atoms with Crippen molar-refractivity contribution in [3.05, 3.63) is 82.7 Å². The number of hydrogen-bond acceptors (Lipinski definition) is 6. The summed E-state index contributed by atoms with van der Waals surface area (Å²) in [5.74, 6) is -0.192. The number of nitrogens with zero attached hydrogens (tertiary/aromatic N) is 4. The average Bonchev–Trinajstić information content (AvgIpc) is 3.30. The number of aromatic nitrogens is 2. The third kappa shape index (κ3) is 4.68. The van der Waals surface area contributed by atoms with Crippen LogP contribution in [0, 0.1) is 10.1 Å². The molecule has 0 bridgehead atoms. The molecule has 1 aliphatic rings. The largest absolute Gasteiger partial charge is 0.338 e. The second-order valence-corrected chi connectivity index (χ2v) is 9.16. The molecule has 11 heteroatoms. The SMILES string of the molecule is O=C(c1cnn(-c2ccc([N+](=O)[O-])cc2)c1)N1CCC(NS(=O)(=O)c2ccccc2)CC1. The van der Waals surface area contributed by atoms with Crippen LogP contribution in [0.3, 0.4) is 0 Å². The van der Waals surface area contributed by atoms with Crippen molar-refractivity contribution >= 4 is 21.6 Å². The van der Waals surface area contributed by atoms with Crippen LogP contribution in [-0.2, 0) is 10.0 Å². The molecule has 0 saturated carbocycles. The Kier molecular flexibility index (Phi) is 6.01. The van der Waals surface area contributed by atoms with Gasteiger partial charge in [0.1, 0.15) is 0 Å². The number of carbonyl (C=O) groups is 1. The maximum atomic E-state index is 12.8. The van der Waals surface area contributed by atoms with Gasteiger partial charge in [-0.15, -0.1) is 0 Å². The first-order valence-electron chi connectivity index (χ1n) is 10.00. The molecule has 1 N–H and O–H groups in total. The smallest absolute Gasteiger partial charge is 0.269 e. The number of nitro groups is 1. The fraction of sp³-hybridized carbons (Fsp3) is 0.238. The van der Waals surface area contributed by atoms with E-state index in [1.165, 1.54) is 23.0 Å². The summed E-state index contributed by atoms with van der Waals surface area (Å²) < 4.78 is 29.2. The van der Waals surface area contributed by atoms with Gasteiger partial charge in [-0.2, -0.15) is 5.10 Å². The van der Waals surface area contributed by atoms with Crippen LogP contribution < -0.4 is 4.72 Å². The van der Waals surface area contributed by atoms with Crippen molar-refractivity contribution in [3.8, 4) is 5.69 Å². The third-order valence-electron chi connectivity index (χ3n) is 5.31. The molecule has 32 heavy (non-hydrogen) atoms. The molecule has 0 atom stereocenters. The van der Waals surface area contributed by atoms with Gasteiger partial charge < -0.3 is 4.90 Å². The van der Waals surface area contributed by atoms with E-state index in [0.717, 1.165) is 0 Å². The fourth-order valence-electron chi connectivity index (χ4n) is 3.57. The summed E-state index contributed by atoms with van der Waals surface area (Å²) >= 11 is 0. The highest BCUT2D eigenvalue weighted by Crippen LogP contribution is 2.19. The molecule has 0 spiro atoms. The summed E-state index contributed by atoms with van der Waals surface area (Å²) in [5.41, 5.74) is 0.971. The highest BCUT2D eigenvalue weighted by atomic mass is 32.2. The van der Waals surface area contributed by atoms with Gasteiger partial charge >= 0.3 is 0 Å². The van der Waals surface area contributed by atoms with E-state index in [0.29, 0.717) is 37.2 Å². The zero-order valence-corrected chi connectivity index (χ0v) is 17.8. The number of amides is 1. The molecular formula is C21H21N5O5S. The van der Waals surface area contributed by atoms with Crippen LogP contribution in [0.5, 0.6) is 0 Å². The van der Waals surface area contributed by atoms with E-state index in [4.69, 9.17) is 0 Å². The molecule has 0 unspecified atom stereocenters. The number of hydrogen-bond donors (Lipinski definition) is 1. The fourth-order valence-corrected chi connectivity index (χ4v) is 4.90. The predicted octanol–water partition coefficient (Wildman–Crippen LogP) is 2.36. The van der Waals surface area contributed by atoms with Gasteiger partial charge in [-0.05, 0) is 37.1 Å². The van der Waals surface area contributed by atoms with E-state index in [2.05, 4.69) is 9.82 Å². The summed E-state index contributed by atoms with van der Waals surface area (Å²) in [6.07, 6.45) is 4.05. The van der Waals surface area contributed by atoms with Crippen molar-refractivity contribution in [2.75, 3.05) is 13.1 Å². The first kappa shape index (κ1) is 21.7. The van der Waals surface area contributed by atoms with Crippen molar-refractivity contribution in [2.45, 2.75) is 23.8 Å². The molecule has 4 rings (SSSR count). The number of rotatable bonds is 6. The first-order chi connectivity index (χ1) is 15.3. The summed E-state index contributed by atoms with van der Waals surface area (Å²) in [4.78, 5) is 25.0. The van der Waals surface area contributed by atoms with Crippen LogP contribution in [0.2, 0.25) is 0 Å². The second-order valence-electron chi connectivity index (χ2n) is 7.45.